The van der Waals surface area contributed by atoms with Gasteiger partial charge in [0, 0.05) is 10.1 Å². The summed E-state index contributed by atoms with van der Waals surface area (Å²) in [5, 5.41) is 6.44. The van der Waals surface area contributed by atoms with Crippen LogP contribution in [0, 0.1) is 3.57 Å². The number of aromatic nitrogens is 4. The summed E-state index contributed by atoms with van der Waals surface area (Å²) in [6.45, 7) is 2.77. The lowest BCUT2D eigenvalue weighted by atomic mass is 10.3. The van der Waals surface area contributed by atoms with Gasteiger partial charge in [0.2, 0.25) is 5.95 Å². The van der Waals surface area contributed by atoms with Gasteiger partial charge in [-0.05, 0) is 41.6 Å². The smallest absolute Gasteiger partial charge is 0.226 e. The minimum atomic E-state index is 0.570. The van der Waals surface area contributed by atoms with Crippen molar-refractivity contribution in [3.63, 3.8) is 0 Å². The van der Waals surface area contributed by atoms with Crippen LogP contribution in [-0.4, -0.2) is 26.5 Å². The Balaban J connectivity index is 2.05. The van der Waals surface area contributed by atoms with Gasteiger partial charge in [0.25, 0.3) is 0 Å². The Bertz CT molecular complexity index is 739. The Kier molecular flexibility index (Phi) is 3.68. The average Bonchev–Trinajstić information content (AvgIpc) is 2.90. The normalized spacial score (nSPS) is 10.7. The Hall–Kier alpha value is -1.90. The molecular weight excluding hydrogens is 367 g/mol. The monoisotopic (exact) mass is 380 g/mol. The van der Waals surface area contributed by atoms with Gasteiger partial charge in [0.15, 0.2) is 11.5 Å². The fourth-order valence-electron chi connectivity index (χ4n) is 1.85. The second kappa shape index (κ2) is 5.61. The number of aromatic amines is 1. The highest BCUT2D eigenvalue weighted by molar-refractivity contribution is 14.1. The van der Waals surface area contributed by atoms with Crippen molar-refractivity contribution >= 4 is 51.2 Å². The lowest BCUT2D eigenvalue weighted by molar-refractivity contribution is 1.10. The molecule has 0 spiro atoms. The van der Waals surface area contributed by atoms with Crippen molar-refractivity contribution < 1.29 is 0 Å². The van der Waals surface area contributed by atoms with Crippen molar-refractivity contribution in [2.24, 2.45) is 0 Å². The summed E-state index contributed by atoms with van der Waals surface area (Å²) in [7, 11) is 0. The highest BCUT2D eigenvalue weighted by atomic mass is 127. The molecule has 3 aromatic rings. The van der Waals surface area contributed by atoms with Crippen molar-refractivity contribution in [1.82, 2.24) is 19.9 Å². The fraction of sp³-hybridized carbons (Fsp3) is 0.154. The number of nitrogens with zero attached hydrogens (tertiary/aromatic N) is 3. The number of halogens is 1. The molecule has 20 heavy (non-hydrogen) atoms. The number of benzene rings is 1. The number of H-pyrrole nitrogens is 1. The van der Waals surface area contributed by atoms with Crippen molar-refractivity contribution in [1.29, 1.82) is 0 Å². The van der Waals surface area contributed by atoms with E-state index in [2.05, 4.69) is 53.2 Å². The standard InChI is InChI=1S/C13H13IN6/c1-2-15-13-19-11-10(16-7-17-11)12(20-13)18-9-6-4-3-5-8(9)14/h3-7H,2H2,1H3,(H3,15,16,17,18,19,20). The van der Waals surface area contributed by atoms with Crippen molar-refractivity contribution in [3.8, 4) is 0 Å². The SMILES string of the molecule is CCNc1nc(Nc2ccccc2I)c2[nH]cnc2n1. The molecule has 3 N–H and O–H groups in total. The van der Waals surface area contributed by atoms with Crippen LogP contribution in [0.3, 0.4) is 0 Å². The minimum Gasteiger partial charge on any atom is -0.354 e. The number of nitrogens with one attached hydrogen (secondary N) is 3. The van der Waals surface area contributed by atoms with Gasteiger partial charge in [-0.25, -0.2) is 4.98 Å². The Morgan fingerprint density at radius 1 is 1.25 bits per heavy atom. The molecule has 2 aromatic heterocycles. The third kappa shape index (κ3) is 2.53. The summed E-state index contributed by atoms with van der Waals surface area (Å²) < 4.78 is 1.13. The van der Waals surface area contributed by atoms with Gasteiger partial charge >= 0.3 is 0 Å². The Labute approximate surface area is 129 Å². The van der Waals surface area contributed by atoms with Crippen LogP contribution in [0.2, 0.25) is 0 Å². The van der Waals surface area contributed by atoms with Crippen LogP contribution in [-0.2, 0) is 0 Å². The lowest BCUT2D eigenvalue weighted by Crippen LogP contribution is -2.05. The van der Waals surface area contributed by atoms with Crippen LogP contribution in [0.5, 0.6) is 0 Å². The molecule has 2 heterocycles. The first-order valence-corrected chi connectivity index (χ1v) is 7.32. The highest BCUT2D eigenvalue weighted by Gasteiger charge is 2.10. The molecule has 0 saturated carbocycles. The molecule has 0 aliphatic heterocycles. The Morgan fingerprint density at radius 2 is 2.10 bits per heavy atom. The van der Waals surface area contributed by atoms with E-state index in [9.17, 15) is 0 Å². The molecule has 0 aliphatic rings. The summed E-state index contributed by atoms with van der Waals surface area (Å²) in [6, 6.07) is 8.04. The van der Waals surface area contributed by atoms with E-state index in [-0.39, 0.29) is 0 Å². The number of rotatable bonds is 4. The van der Waals surface area contributed by atoms with Crippen molar-refractivity contribution in [2.75, 3.05) is 17.2 Å². The third-order valence-corrected chi connectivity index (χ3v) is 3.69. The second-order valence-electron chi connectivity index (χ2n) is 4.13. The third-order valence-electron chi connectivity index (χ3n) is 2.75. The van der Waals surface area contributed by atoms with Crippen molar-refractivity contribution in [3.05, 3.63) is 34.2 Å². The maximum absolute atomic E-state index is 4.49. The zero-order valence-corrected chi connectivity index (χ0v) is 13.0. The summed E-state index contributed by atoms with van der Waals surface area (Å²) in [4.78, 5) is 16.1. The largest absolute Gasteiger partial charge is 0.354 e. The first kappa shape index (κ1) is 13.1. The quantitative estimate of drug-likeness (QED) is 0.607. The highest BCUT2D eigenvalue weighted by Crippen LogP contribution is 2.25. The predicted octanol–water partition coefficient (Wildman–Crippen LogP) is 3.13. The minimum absolute atomic E-state index is 0.570. The van der Waals surface area contributed by atoms with E-state index in [1.165, 1.54) is 0 Å². The van der Waals surface area contributed by atoms with Gasteiger partial charge in [0.05, 0.1) is 12.0 Å². The van der Waals surface area contributed by atoms with E-state index in [1.807, 2.05) is 31.2 Å². The van der Waals surface area contributed by atoms with Crippen LogP contribution < -0.4 is 10.6 Å². The first-order chi connectivity index (χ1) is 9.78. The lowest BCUT2D eigenvalue weighted by Gasteiger charge is -2.10. The first-order valence-electron chi connectivity index (χ1n) is 6.24. The summed E-state index contributed by atoms with van der Waals surface area (Å²) >= 11 is 2.29. The summed E-state index contributed by atoms with van der Waals surface area (Å²) in [5.74, 6) is 1.29. The number of hydrogen-bond donors (Lipinski definition) is 3. The molecule has 0 saturated heterocycles. The Morgan fingerprint density at radius 3 is 2.90 bits per heavy atom. The van der Waals surface area contributed by atoms with Crippen molar-refractivity contribution in [2.45, 2.75) is 6.92 Å². The number of fused-ring (bicyclic) bond motifs is 1. The zero-order chi connectivity index (χ0) is 13.9. The molecule has 0 amide bonds. The molecule has 0 radical (unpaired) electrons. The van der Waals surface area contributed by atoms with Crippen LogP contribution >= 0.6 is 22.6 Å². The van der Waals surface area contributed by atoms with Crippen LogP contribution in [0.4, 0.5) is 17.5 Å². The fourth-order valence-corrected chi connectivity index (χ4v) is 2.37. The maximum Gasteiger partial charge on any atom is 0.226 e. The number of para-hydroxylation sites is 1. The van der Waals surface area contributed by atoms with Gasteiger partial charge < -0.3 is 15.6 Å². The van der Waals surface area contributed by atoms with E-state index in [0.29, 0.717) is 17.4 Å². The molecular formula is C13H13IN6. The van der Waals surface area contributed by atoms with Gasteiger partial charge in [0.1, 0.15) is 5.52 Å². The van der Waals surface area contributed by atoms with Gasteiger partial charge in [-0.2, -0.15) is 9.97 Å². The number of hydrogen-bond acceptors (Lipinski definition) is 5. The van der Waals surface area contributed by atoms with Gasteiger partial charge in [-0.15, -0.1) is 0 Å². The van der Waals surface area contributed by atoms with Gasteiger partial charge in [-0.3, -0.25) is 0 Å². The molecule has 0 unspecified atom stereocenters. The zero-order valence-electron chi connectivity index (χ0n) is 10.8. The molecule has 3 rings (SSSR count). The molecule has 1 aromatic carbocycles. The van der Waals surface area contributed by atoms with Gasteiger partial charge in [-0.1, -0.05) is 12.1 Å². The molecule has 6 nitrogen and oxygen atoms in total. The van der Waals surface area contributed by atoms with E-state index < -0.39 is 0 Å². The molecule has 0 atom stereocenters. The van der Waals surface area contributed by atoms with Crippen LogP contribution in [0.15, 0.2) is 30.6 Å². The molecule has 102 valence electrons. The molecule has 7 heteroatoms. The number of imidazole rings is 1. The van der Waals surface area contributed by atoms with E-state index in [4.69, 9.17) is 0 Å². The summed E-state index contributed by atoms with van der Waals surface area (Å²) in [6.07, 6.45) is 1.62. The maximum atomic E-state index is 4.49. The second-order valence-corrected chi connectivity index (χ2v) is 5.29. The molecule has 0 fully saturated rings. The van der Waals surface area contributed by atoms with Crippen LogP contribution in [0.1, 0.15) is 6.92 Å². The average molecular weight is 380 g/mol. The van der Waals surface area contributed by atoms with E-state index >= 15 is 0 Å². The number of anilines is 3. The van der Waals surface area contributed by atoms with E-state index in [0.717, 1.165) is 21.3 Å². The topological polar surface area (TPSA) is 78.5 Å². The summed E-state index contributed by atoms with van der Waals surface area (Å²) in [5.41, 5.74) is 2.45. The van der Waals surface area contributed by atoms with Crippen LogP contribution in [0.25, 0.3) is 11.2 Å². The molecule has 0 aliphatic carbocycles. The predicted molar refractivity (Wildman–Crippen MR) is 88.3 cm³/mol. The molecule has 0 bridgehead atoms. The van der Waals surface area contributed by atoms with E-state index in [1.54, 1.807) is 6.33 Å².